The fraction of sp³-hybridized carbons (Fsp3) is 0.231. The molecule has 18 heavy (non-hydrogen) atoms. The van der Waals surface area contributed by atoms with Crippen LogP contribution in [0.2, 0.25) is 0 Å². The molecule has 1 aromatic heterocycles. The van der Waals surface area contributed by atoms with Crippen molar-refractivity contribution >= 4 is 16.9 Å². The van der Waals surface area contributed by atoms with Gasteiger partial charge in [-0.05, 0) is 25.5 Å². The zero-order chi connectivity index (χ0) is 13.4. The summed E-state index contributed by atoms with van der Waals surface area (Å²) < 4.78 is 5.39. The van der Waals surface area contributed by atoms with Crippen LogP contribution in [0.5, 0.6) is 5.75 Å². The normalized spacial score (nSPS) is 10.8. The number of aromatic hydroxyl groups is 1. The van der Waals surface area contributed by atoms with Crippen LogP contribution in [0.3, 0.4) is 0 Å². The Hall–Kier alpha value is -2.30. The van der Waals surface area contributed by atoms with E-state index in [1.54, 1.807) is 6.92 Å². The summed E-state index contributed by atoms with van der Waals surface area (Å²) in [5.41, 5.74) is 0.578. The molecule has 0 amide bonds. The summed E-state index contributed by atoms with van der Waals surface area (Å²) in [4.78, 5) is 22.9. The first kappa shape index (κ1) is 12.2. The molecule has 0 spiro atoms. The second-order valence-electron chi connectivity index (χ2n) is 4.17. The number of carboxylic acids is 1. The zero-order valence-electron chi connectivity index (χ0n) is 9.98. The van der Waals surface area contributed by atoms with E-state index in [0.29, 0.717) is 5.56 Å². The minimum Gasteiger partial charge on any atom is -0.508 e. The van der Waals surface area contributed by atoms with E-state index in [4.69, 9.17) is 9.52 Å². The van der Waals surface area contributed by atoms with Crippen molar-refractivity contribution in [1.29, 1.82) is 0 Å². The number of phenolic OH excluding ortho intramolecular Hbond substituents is 1. The molecule has 0 aliphatic carbocycles. The van der Waals surface area contributed by atoms with Crippen LogP contribution in [0.4, 0.5) is 0 Å². The van der Waals surface area contributed by atoms with Gasteiger partial charge in [-0.2, -0.15) is 0 Å². The predicted octanol–water partition coefficient (Wildman–Crippen LogP) is 1.74. The lowest BCUT2D eigenvalue weighted by Crippen LogP contribution is -2.15. The van der Waals surface area contributed by atoms with E-state index in [1.165, 1.54) is 19.1 Å². The van der Waals surface area contributed by atoms with E-state index in [9.17, 15) is 14.7 Å². The highest BCUT2D eigenvalue weighted by Crippen LogP contribution is 2.24. The standard InChI is InChI=1S/C13H12O5/c1-6-3-9-11(5-10(6)14)18-7(2)8(13(9)17)4-12(15)16/h3,5,14H,4H2,1-2H3,(H,15,16). The third-order valence-corrected chi connectivity index (χ3v) is 2.83. The molecule has 0 fully saturated rings. The molecule has 2 rings (SSSR count). The van der Waals surface area contributed by atoms with Gasteiger partial charge < -0.3 is 14.6 Å². The summed E-state index contributed by atoms with van der Waals surface area (Å²) in [6, 6.07) is 2.87. The number of carboxylic acid groups (broad SMARTS) is 1. The first-order valence-corrected chi connectivity index (χ1v) is 5.38. The quantitative estimate of drug-likeness (QED) is 0.845. The van der Waals surface area contributed by atoms with Crippen LogP contribution in [0.1, 0.15) is 16.9 Å². The van der Waals surface area contributed by atoms with Crippen molar-refractivity contribution in [3.63, 3.8) is 0 Å². The number of aliphatic carboxylic acids is 1. The van der Waals surface area contributed by atoms with Crippen molar-refractivity contribution in [1.82, 2.24) is 0 Å². The van der Waals surface area contributed by atoms with Crippen molar-refractivity contribution in [3.8, 4) is 5.75 Å². The maximum Gasteiger partial charge on any atom is 0.308 e. The van der Waals surface area contributed by atoms with Gasteiger partial charge in [-0.25, -0.2) is 0 Å². The highest BCUT2D eigenvalue weighted by atomic mass is 16.4. The molecule has 0 saturated heterocycles. The molecule has 2 N–H and O–H groups in total. The maximum absolute atomic E-state index is 12.1. The Morgan fingerprint density at radius 2 is 2.00 bits per heavy atom. The summed E-state index contributed by atoms with van der Waals surface area (Å²) >= 11 is 0. The van der Waals surface area contributed by atoms with Gasteiger partial charge in [-0.3, -0.25) is 9.59 Å². The molecule has 5 heteroatoms. The second-order valence-corrected chi connectivity index (χ2v) is 4.17. The van der Waals surface area contributed by atoms with Gasteiger partial charge in [0.1, 0.15) is 17.1 Å². The third kappa shape index (κ3) is 1.95. The molecule has 2 aromatic rings. The van der Waals surface area contributed by atoms with E-state index in [2.05, 4.69) is 0 Å². The Bertz CT molecular complexity index is 697. The van der Waals surface area contributed by atoms with Crippen LogP contribution < -0.4 is 5.43 Å². The fourth-order valence-corrected chi connectivity index (χ4v) is 1.84. The van der Waals surface area contributed by atoms with E-state index in [1.807, 2.05) is 0 Å². The van der Waals surface area contributed by atoms with Crippen LogP contribution >= 0.6 is 0 Å². The lowest BCUT2D eigenvalue weighted by molar-refractivity contribution is -0.136. The molecule has 0 aliphatic rings. The molecular weight excluding hydrogens is 236 g/mol. The summed E-state index contributed by atoms with van der Waals surface area (Å²) in [5, 5.41) is 18.6. The predicted molar refractivity (Wildman–Crippen MR) is 65.0 cm³/mol. The van der Waals surface area contributed by atoms with Crippen molar-refractivity contribution in [2.75, 3.05) is 0 Å². The Balaban J connectivity index is 2.81. The smallest absolute Gasteiger partial charge is 0.308 e. The number of benzene rings is 1. The molecule has 0 aliphatic heterocycles. The topological polar surface area (TPSA) is 87.7 Å². The summed E-state index contributed by atoms with van der Waals surface area (Å²) in [6.07, 6.45) is -0.371. The van der Waals surface area contributed by atoms with Gasteiger partial charge in [0.2, 0.25) is 0 Å². The lowest BCUT2D eigenvalue weighted by atomic mass is 10.1. The number of carbonyl (C=O) groups is 1. The minimum atomic E-state index is -1.08. The molecule has 1 heterocycles. The van der Waals surface area contributed by atoms with E-state index < -0.39 is 5.97 Å². The van der Waals surface area contributed by atoms with Crippen LogP contribution in [0.25, 0.3) is 11.0 Å². The van der Waals surface area contributed by atoms with Gasteiger partial charge in [0.25, 0.3) is 0 Å². The summed E-state index contributed by atoms with van der Waals surface area (Å²) in [7, 11) is 0. The number of phenols is 1. The van der Waals surface area contributed by atoms with Crippen molar-refractivity contribution < 1.29 is 19.4 Å². The molecule has 5 nitrogen and oxygen atoms in total. The number of hydrogen-bond acceptors (Lipinski definition) is 4. The van der Waals surface area contributed by atoms with E-state index in [0.717, 1.165) is 0 Å². The number of fused-ring (bicyclic) bond motifs is 1. The third-order valence-electron chi connectivity index (χ3n) is 2.83. The molecule has 0 atom stereocenters. The first-order valence-electron chi connectivity index (χ1n) is 5.38. The monoisotopic (exact) mass is 248 g/mol. The van der Waals surface area contributed by atoms with Gasteiger partial charge in [-0.1, -0.05) is 0 Å². The van der Waals surface area contributed by atoms with Gasteiger partial charge >= 0.3 is 5.97 Å². The summed E-state index contributed by atoms with van der Waals surface area (Å²) in [5.74, 6) is -0.783. The lowest BCUT2D eigenvalue weighted by Gasteiger charge is -2.06. The van der Waals surface area contributed by atoms with Gasteiger partial charge in [0, 0.05) is 11.6 Å². The van der Waals surface area contributed by atoms with Gasteiger partial charge in [0.15, 0.2) is 5.43 Å². The Kier molecular flexibility index (Phi) is 2.82. The highest BCUT2D eigenvalue weighted by molar-refractivity contribution is 5.81. The average Bonchev–Trinajstić information content (AvgIpc) is 2.27. The zero-order valence-corrected chi connectivity index (χ0v) is 9.98. The summed E-state index contributed by atoms with van der Waals surface area (Å²) in [6.45, 7) is 3.20. The van der Waals surface area contributed by atoms with Crippen molar-refractivity contribution in [3.05, 3.63) is 39.2 Å². The van der Waals surface area contributed by atoms with Crippen LogP contribution in [-0.2, 0) is 11.2 Å². The van der Waals surface area contributed by atoms with Gasteiger partial charge in [-0.15, -0.1) is 0 Å². The molecule has 0 radical (unpaired) electrons. The van der Waals surface area contributed by atoms with Crippen LogP contribution in [0.15, 0.2) is 21.3 Å². The number of hydrogen-bond donors (Lipinski definition) is 2. The van der Waals surface area contributed by atoms with Crippen LogP contribution in [0, 0.1) is 13.8 Å². The highest BCUT2D eigenvalue weighted by Gasteiger charge is 2.15. The minimum absolute atomic E-state index is 0.0380. The molecule has 0 bridgehead atoms. The SMILES string of the molecule is Cc1cc2c(=O)c(CC(=O)O)c(C)oc2cc1O. The Morgan fingerprint density at radius 1 is 1.33 bits per heavy atom. The fourth-order valence-electron chi connectivity index (χ4n) is 1.84. The number of rotatable bonds is 2. The Labute approximate surface area is 102 Å². The molecule has 0 unspecified atom stereocenters. The Morgan fingerprint density at radius 3 is 2.61 bits per heavy atom. The molecule has 0 saturated carbocycles. The second kappa shape index (κ2) is 4.18. The van der Waals surface area contributed by atoms with E-state index in [-0.39, 0.29) is 39.9 Å². The van der Waals surface area contributed by atoms with Gasteiger partial charge in [0.05, 0.1) is 11.8 Å². The van der Waals surface area contributed by atoms with Crippen LogP contribution in [-0.4, -0.2) is 16.2 Å². The molecule has 94 valence electrons. The molecular formula is C13H12O5. The maximum atomic E-state index is 12.1. The average molecular weight is 248 g/mol. The molecule has 1 aromatic carbocycles. The van der Waals surface area contributed by atoms with Crippen molar-refractivity contribution in [2.24, 2.45) is 0 Å². The van der Waals surface area contributed by atoms with E-state index >= 15 is 0 Å². The van der Waals surface area contributed by atoms with Crippen molar-refractivity contribution in [2.45, 2.75) is 20.3 Å². The largest absolute Gasteiger partial charge is 0.508 e. The first-order chi connectivity index (χ1) is 8.40. The number of aryl methyl sites for hydroxylation is 2.